The van der Waals surface area contributed by atoms with Crippen LogP contribution in [-0.4, -0.2) is 36.9 Å². The molecule has 7 nitrogen and oxygen atoms in total. The van der Waals surface area contributed by atoms with Gasteiger partial charge in [0.15, 0.2) is 4.90 Å². The molecule has 9 heteroatoms. The highest BCUT2D eigenvalue weighted by Gasteiger charge is 2.36. The Hall–Kier alpha value is -1.81. The van der Waals surface area contributed by atoms with Crippen molar-refractivity contribution >= 4 is 27.0 Å². The minimum Gasteiger partial charge on any atom is -0.381 e. The summed E-state index contributed by atoms with van der Waals surface area (Å²) in [5.74, 6) is 0. The Morgan fingerprint density at radius 2 is 1.92 bits per heavy atom. The van der Waals surface area contributed by atoms with Crippen molar-refractivity contribution in [3.05, 3.63) is 56.8 Å². The molecular weight excluding hydrogens is 364 g/mol. The van der Waals surface area contributed by atoms with Crippen LogP contribution in [0.2, 0.25) is 0 Å². The smallest absolute Gasteiger partial charge is 0.289 e. The van der Waals surface area contributed by atoms with Gasteiger partial charge in [-0.2, -0.15) is 4.31 Å². The normalized spacial score (nSPS) is 16.2. The van der Waals surface area contributed by atoms with Crippen LogP contribution in [0.5, 0.6) is 0 Å². The van der Waals surface area contributed by atoms with Gasteiger partial charge in [-0.25, -0.2) is 8.42 Å². The van der Waals surface area contributed by atoms with Gasteiger partial charge in [0.05, 0.1) is 4.92 Å². The quantitative estimate of drug-likeness (QED) is 0.566. The van der Waals surface area contributed by atoms with E-state index < -0.39 is 20.6 Å². The summed E-state index contributed by atoms with van der Waals surface area (Å²) >= 11 is 1.47. The average molecular weight is 382 g/mol. The van der Waals surface area contributed by atoms with Crippen molar-refractivity contribution in [2.24, 2.45) is 0 Å². The second kappa shape index (κ2) is 7.61. The van der Waals surface area contributed by atoms with E-state index in [-0.39, 0.29) is 17.5 Å². The van der Waals surface area contributed by atoms with Crippen LogP contribution < -0.4 is 0 Å². The maximum atomic E-state index is 13.3. The van der Waals surface area contributed by atoms with E-state index in [0.717, 1.165) is 4.88 Å². The molecule has 1 saturated heterocycles. The SMILES string of the molecule is O=[N+]([O-])c1ccccc1S(=O)(=O)N(Cc1cccs1)C1CCOCC1. The fourth-order valence-electron chi connectivity index (χ4n) is 2.89. The Bertz CT molecular complexity index is 830. The number of nitro groups is 1. The number of sulfonamides is 1. The van der Waals surface area contributed by atoms with Crippen LogP contribution in [0.15, 0.2) is 46.7 Å². The fourth-order valence-corrected chi connectivity index (χ4v) is 5.50. The summed E-state index contributed by atoms with van der Waals surface area (Å²) in [7, 11) is -4.01. The molecule has 1 aromatic heterocycles. The van der Waals surface area contributed by atoms with Crippen molar-refractivity contribution in [3.63, 3.8) is 0 Å². The number of hydrogen-bond acceptors (Lipinski definition) is 6. The van der Waals surface area contributed by atoms with Gasteiger partial charge in [0, 0.05) is 36.7 Å². The summed E-state index contributed by atoms with van der Waals surface area (Å²) in [6, 6.07) is 8.99. The number of nitrogens with zero attached hydrogens (tertiary/aromatic N) is 2. The van der Waals surface area contributed by atoms with E-state index >= 15 is 0 Å². The molecule has 0 amide bonds. The molecule has 1 fully saturated rings. The van der Waals surface area contributed by atoms with Crippen LogP contribution >= 0.6 is 11.3 Å². The van der Waals surface area contributed by atoms with Crippen molar-refractivity contribution in [1.29, 1.82) is 0 Å². The Balaban J connectivity index is 2.03. The van der Waals surface area contributed by atoms with Crippen LogP contribution in [-0.2, 0) is 21.3 Å². The molecule has 1 aromatic carbocycles. The summed E-state index contributed by atoms with van der Waals surface area (Å²) in [6.07, 6.45) is 1.15. The molecular formula is C16H18N2O5S2. The van der Waals surface area contributed by atoms with Crippen molar-refractivity contribution in [2.75, 3.05) is 13.2 Å². The van der Waals surface area contributed by atoms with E-state index in [1.165, 1.54) is 39.9 Å². The molecule has 0 atom stereocenters. The van der Waals surface area contributed by atoms with Crippen molar-refractivity contribution in [3.8, 4) is 0 Å². The van der Waals surface area contributed by atoms with Gasteiger partial charge in [-0.05, 0) is 30.4 Å². The lowest BCUT2D eigenvalue weighted by atomic mass is 10.1. The molecule has 1 aliphatic rings. The van der Waals surface area contributed by atoms with E-state index in [1.54, 1.807) is 0 Å². The maximum Gasteiger partial charge on any atom is 0.289 e. The lowest BCUT2D eigenvalue weighted by Crippen LogP contribution is -2.42. The molecule has 1 aliphatic heterocycles. The molecule has 0 unspecified atom stereocenters. The number of rotatable bonds is 6. The van der Waals surface area contributed by atoms with Gasteiger partial charge in [-0.1, -0.05) is 18.2 Å². The second-order valence-electron chi connectivity index (χ2n) is 5.70. The third-order valence-electron chi connectivity index (χ3n) is 4.14. The number of benzene rings is 1. The zero-order chi connectivity index (χ0) is 17.9. The molecule has 0 bridgehead atoms. The highest BCUT2D eigenvalue weighted by atomic mass is 32.2. The molecule has 0 radical (unpaired) electrons. The number of ether oxygens (including phenoxy) is 1. The van der Waals surface area contributed by atoms with Crippen LogP contribution in [0.25, 0.3) is 0 Å². The van der Waals surface area contributed by atoms with Gasteiger partial charge in [-0.15, -0.1) is 11.3 Å². The zero-order valence-corrected chi connectivity index (χ0v) is 15.0. The van der Waals surface area contributed by atoms with Crippen molar-refractivity contribution in [1.82, 2.24) is 4.31 Å². The minimum absolute atomic E-state index is 0.205. The van der Waals surface area contributed by atoms with Crippen LogP contribution in [0.4, 0.5) is 5.69 Å². The Kier molecular flexibility index (Phi) is 5.48. The topological polar surface area (TPSA) is 89.8 Å². The average Bonchev–Trinajstić information content (AvgIpc) is 3.13. The van der Waals surface area contributed by atoms with E-state index in [0.29, 0.717) is 26.1 Å². The largest absolute Gasteiger partial charge is 0.381 e. The zero-order valence-electron chi connectivity index (χ0n) is 13.4. The number of para-hydroxylation sites is 1. The molecule has 134 valence electrons. The van der Waals surface area contributed by atoms with Gasteiger partial charge >= 0.3 is 0 Å². The predicted molar refractivity (Wildman–Crippen MR) is 94.0 cm³/mol. The highest BCUT2D eigenvalue weighted by Crippen LogP contribution is 2.31. The third kappa shape index (κ3) is 3.90. The first-order valence-electron chi connectivity index (χ1n) is 7.85. The van der Waals surface area contributed by atoms with Crippen LogP contribution in [0, 0.1) is 10.1 Å². The highest BCUT2D eigenvalue weighted by molar-refractivity contribution is 7.89. The number of thiophene rings is 1. The van der Waals surface area contributed by atoms with Gasteiger partial charge in [0.2, 0.25) is 10.0 Å². The van der Waals surface area contributed by atoms with Crippen LogP contribution in [0.1, 0.15) is 17.7 Å². The summed E-state index contributed by atoms with van der Waals surface area (Å²) in [5, 5.41) is 13.2. The van der Waals surface area contributed by atoms with Gasteiger partial charge in [-0.3, -0.25) is 10.1 Å². The molecule has 0 N–H and O–H groups in total. The van der Waals surface area contributed by atoms with Crippen molar-refractivity contribution < 1.29 is 18.1 Å². The van der Waals surface area contributed by atoms with Gasteiger partial charge < -0.3 is 4.74 Å². The summed E-state index contributed by atoms with van der Waals surface area (Å²) in [6.45, 7) is 1.17. The summed E-state index contributed by atoms with van der Waals surface area (Å²) in [4.78, 5) is 11.3. The van der Waals surface area contributed by atoms with Crippen molar-refractivity contribution in [2.45, 2.75) is 30.3 Å². The third-order valence-corrected chi connectivity index (χ3v) is 6.95. The Morgan fingerprint density at radius 3 is 2.56 bits per heavy atom. The van der Waals surface area contributed by atoms with Gasteiger partial charge in [0.1, 0.15) is 0 Å². The van der Waals surface area contributed by atoms with E-state index in [4.69, 9.17) is 4.74 Å². The van der Waals surface area contributed by atoms with E-state index in [1.807, 2.05) is 17.5 Å². The summed E-state index contributed by atoms with van der Waals surface area (Å²) in [5.41, 5.74) is -0.397. The second-order valence-corrected chi connectivity index (χ2v) is 8.59. The standard InChI is InChI=1S/C16H18N2O5S2/c19-18(20)15-5-1-2-6-16(15)25(21,22)17(12-14-4-3-11-24-14)13-7-9-23-10-8-13/h1-6,11,13H,7-10,12H2. The molecule has 3 rings (SSSR count). The molecule has 2 aromatic rings. The lowest BCUT2D eigenvalue weighted by Gasteiger charge is -2.33. The van der Waals surface area contributed by atoms with E-state index in [9.17, 15) is 18.5 Å². The predicted octanol–water partition coefficient (Wildman–Crippen LogP) is 3.03. The Morgan fingerprint density at radius 1 is 1.20 bits per heavy atom. The molecule has 2 heterocycles. The monoisotopic (exact) mass is 382 g/mol. The Labute approximate surface area is 150 Å². The maximum absolute atomic E-state index is 13.3. The number of nitro benzene ring substituents is 1. The van der Waals surface area contributed by atoms with Gasteiger partial charge in [0.25, 0.3) is 5.69 Å². The lowest BCUT2D eigenvalue weighted by molar-refractivity contribution is -0.387. The molecule has 0 saturated carbocycles. The first-order chi connectivity index (χ1) is 12.0. The summed E-state index contributed by atoms with van der Waals surface area (Å²) < 4.78 is 33.3. The minimum atomic E-state index is -4.01. The molecule has 25 heavy (non-hydrogen) atoms. The molecule has 0 spiro atoms. The van der Waals surface area contributed by atoms with E-state index in [2.05, 4.69) is 0 Å². The fraction of sp³-hybridized carbons (Fsp3) is 0.375. The number of hydrogen-bond donors (Lipinski definition) is 0. The van der Waals surface area contributed by atoms with Crippen LogP contribution in [0.3, 0.4) is 0 Å². The first kappa shape index (κ1) is 18.0. The molecule has 0 aliphatic carbocycles. The first-order valence-corrected chi connectivity index (χ1v) is 10.2.